The summed E-state index contributed by atoms with van der Waals surface area (Å²) >= 11 is 0. The first-order valence-electron chi connectivity index (χ1n) is 4.40. The molecule has 0 aliphatic carbocycles. The standard InChI is InChI=1S/C8H13NO3S/c1-9-2-6-4-13(11,12)5-7(3-9)8(6)10/h6-7H,2-5H2,1H3. The predicted octanol–water partition coefficient (Wildman–Crippen LogP) is -0.838. The van der Waals surface area contributed by atoms with Crippen molar-refractivity contribution in [1.29, 1.82) is 0 Å². The van der Waals surface area contributed by atoms with Crippen molar-refractivity contribution in [3.05, 3.63) is 0 Å². The van der Waals surface area contributed by atoms with Gasteiger partial charge in [0.2, 0.25) is 0 Å². The van der Waals surface area contributed by atoms with Crippen molar-refractivity contribution in [1.82, 2.24) is 4.90 Å². The van der Waals surface area contributed by atoms with Gasteiger partial charge in [-0.2, -0.15) is 0 Å². The molecular weight excluding hydrogens is 190 g/mol. The number of carbonyl (C=O) groups is 1. The van der Waals surface area contributed by atoms with E-state index in [0.717, 1.165) is 0 Å². The largest absolute Gasteiger partial charge is 0.305 e. The number of Topliss-reactive ketones (excluding diaryl/α,β-unsaturated/α-hetero) is 1. The number of nitrogens with zero attached hydrogens (tertiary/aromatic N) is 1. The highest BCUT2D eigenvalue weighted by atomic mass is 32.2. The Hall–Kier alpha value is -0.420. The van der Waals surface area contributed by atoms with E-state index in [2.05, 4.69) is 0 Å². The summed E-state index contributed by atoms with van der Waals surface area (Å²) in [6.45, 7) is 1.21. The quantitative estimate of drug-likeness (QED) is 0.515. The molecule has 0 amide bonds. The van der Waals surface area contributed by atoms with E-state index in [1.165, 1.54) is 0 Å². The van der Waals surface area contributed by atoms with Crippen LogP contribution >= 0.6 is 0 Å². The number of rotatable bonds is 0. The lowest BCUT2D eigenvalue weighted by molar-refractivity contribution is -0.129. The number of ketones is 1. The van der Waals surface area contributed by atoms with Gasteiger partial charge in [0.25, 0.3) is 0 Å². The van der Waals surface area contributed by atoms with E-state index in [1.54, 1.807) is 0 Å². The van der Waals surface area contributed by atoms with Gasteiger partial charge < -0.3 is 4.90 Å². The van der Waals surface area contributed by atoms with Crippen LogP contribution in [0.15, 0.2) is 0 Å². The van der Waals surface area contributed by atoms with E-state index in [0.29, 0.717) is 13.1 Å². The van der Waals surface area contributed by atoms with Gasteiger partial charge >= 0.3 is 0 Å². The second kappa shape index (κ2) is 2.78. The first-order chi connectivity index (χ1) is 5.98. The Kier molecular flexibility index (Phi) is 1.96. The lowest BCUT2D eigenvalue weighted by Crippen LogP contribution is -2.53. The van der Waals surface area contributed by atoms with Gasteiger partial charge in [0.05, 0.1) is 11.5 Å². The second-order valence-electron chi connectivity index (χ2n) is 4.09. The summed E-state index contributed by atoms with van der Waals surface area (Å²) in [6, 6.07) is 0. The second-order valence-corrected chi connectivity index (χ2v) is 6.25. The maximum Gasteiger partial charge on any atom is 0.151 e. The number of piperidine rings is 1. The molecule has 0 aromatic rings. The van der Waals surface area contributed by atoms with Crippen LogP contribution in [-0.4, -0.2) is 50.7 Å². The number of likely N-dealkylation sites (tertiary alicyclic amines) is 1. The highest BCUT2D eigenvalue weighted by molar-refractivity contribution is 7.91. The Morgan fingerprint density at radius 2 is 1.69 bits per heavy atom. The smallest absolute Gasteiger partial charge is 0.151 e. The molecule has 2 aliphatic heterocycles. The van der Waals surface area contributed by atoms with Crippen LogP contribution in [0, 0.1) is 11.8 Å². The summed E-state index contributed by atoms with van der Waals surface area (Å²) in [6.07, 6.45) is 0. The van der Waals surface area contributed by atoms with Crippen molar-refractivity contribution in [2.45, 2.75) is 0 Å². The molecule has 0 aromatic carbocycles. The topological polar surface area (TPSA) is 54.5 Å². The molecule has 2 unspecified atom stereocenters. The van der Waals surface area contributed by atoms with Crippen LogP contribution in [0.2, 0.25) is 0 Å². The summed E-state index contributed by atoms with van der Waals surface area (Å²) < 4.78 is 22.7. The van der Waals surface area contributed by atoms with Crippen molar-refractivity contribution in [3.8, 4) is 0 Å². The molecule has 2 atom stereocenters. The Morgan fingerprint density at radius 1 is 1.23 bits per heavy atom. The normalized spacial score (nSPS) is 39.0. The van der Waals surface area contributed by atoms with Crippen molar-refractivity contribution in [2.75, 3.05) is 31.6 Å². The number of carbonyl (C=O) groups excluding carboxylic acids is 1. The maximum absolute atomic E-state index is 11.5. The molecule has 0 spiro atoms. The lowest BCUT2D eigenvalue weighted by Gasteiger charge is -2.37. The molecular formula is C8H13NO3S. The molecule has 2 rings (SSSR count). The molecule has 0 radical (unpaired) electrons. The predicted molar refractivity (Wildman–Crippen MR) is 48.1 cm³/mol. The molecule has 2 heterocycles. The molecule has 2 fully saturated rings. The minimum Gasteiger partial charge on any atom is -0.305 e. The van der Waals surface area contributed by atoms with Gasteiger partial charge in [0.1, 0.15) is 5.78 Å². The lowest BCUT2D eigenvalue weighted by atomic mass is 9.90. The molecule has 2 saturated heterocycles. The summed E-state index contributed by atoms with van der Waals surface area (Å²) in [5.41, 5.74) is 0. The third kappa shape index (κ3) is 1.62. The van der Waals surface area contributed by atoms with Crippen molar-refractivity contribution >= 4 is 15.6 Å². The zero-order valence-corrected chi connectivity index (χ0v) is 8.38. The Balaban J connectivity index is 2.28. The van der Waals surface area contributed by atoms with Gasteiger partial charge in [-0.1, -0.05) is 0 Å². The van der Waals surface area contributed by atoms with Crippen LogP contribution in [0.4, 0.5) is 0 Å². The molecule has 0 saturated carbocycles. The average molecular weight is 203 g/mol. The minimum atomic E-state index is -2.95. The van der Waals surface area contributed by atoms with Crippen molar-refractivity contribution in [3.63, 3.8) is 0 Å². The van der Waals surface area contributed by atoms with Gasteiger partial charge in [-0.25, -0.2) is 8.42 Å². The molecule has 0 N–H and O–H groups in total. The number of fused-ring (bicyclic) bond motifs is 2. The van der Waals surface area contributed by atoms with E-state index < -0.39 is 9.84 Å². The average Bonchev–Trinajstić information content (AvgIpc) is 1.94. The molecule has 5 heteroatoms. The van der Waals surface area contributed by atoms with Gasteiger partial charge in [0.15, 0.2) is 9.84 Å². The van der Waals surface area contributed by atoms with Crippen LogP contribution in [0.5, 0.6) is 0 Å². The van der Waals surface area contributed by atoms with Crippen LogP contribution in [0.25, 0.3) is 0 Å². The molecule has 13 heavy (non-hydrogen) atoms. The summed E-state index contributed by atoms with van der Waals surface area (Å²) in [5.74, 6) is -0.239. The zero-order valence-electron chi connectivity index (χ0n) is 7.56. The van der Waals surface area contributed by atoms with Gasteiger partial charge in [-0.3, -0.25) is 4.79 Å². The monoisotopic (exact) mass is 203 g/mol. The highest BCUT2D eigenvalue weighted by Crippen LogP contribution is 2.25. The van der Waals surface area contributed by atoms with Crippen molar-refractivity contribution in [2.24, 2.45) is 11.8 Å². The first kappa shape index (κ1) is 9.15. The SMILES string of the molecule is CN1CC2CS(=O)(=O)CC(C1)C2=O. The summed E-state index contributed by atoms with van der Waals surface area (Å²) in [4.78, 5) is 13.6. The van der Waals surface area contributed by atoms with Gasteiger partial charge in [0, 0.05) is 24.9 Å². The van der Waals surface area contributed by atoms with Crippen molar-refractivity contribution < 1.29 is 13.2 Å². The number of sulfone groups is 1. The zero-order chi connectivity index (χ0) is 9.64. The van der Waals surface area contributed by atoms with Crippen LogP contribution in [-0.2, 0) is 14.6 Å². The molecule has 2 bridgehead atoms. The number of hydrogen-bond acceptors (Lipinski definition) is 4. The molecule has 2 aliphatic rings. The van der Waals surface area contributed by atoms with E-state index in [1.807, 2.05) is 11.9 Å². The van der Waals surface area contributed by atoms with Crippen LogP contribution in [0.1, 0.15) is 0 Å². The summed E-state index contributed by atoms with van der Waals surface area (Å²) in [5, 5.41) is 0. The summed E-state index contributed by atoms with van der Waals surface area (Å²) in [7, 11) is -1.01. The fourth-order valence-electron chi connectivity index (χ4n) is 2.29. The van der Waals surface area contributed by atoms with E-state index in [9.17, 15) is 13.2 Å². The van der Waals surface area contributed by atoms with Gasteiger partial charge in [-0.05, 0) is 7.05 Å². The number of hydrogen-bond donors (Lipinski definition) is 0. The molecule has 74 valence electrons. The first-order valence-corrected chi connectivity index (χ1v) is 6.23. The third-order valence-corrected chi connectivity index (χ3v) is 4.60. The van der Waals surface area contributed by atoms with E-state index >= 15 is 0 Å². The van der Waals surface area contributed by atoms with Gasteiger partial charge in [-0.15, -0.1) is 0 Å². The Morgan fingerprint density at radius 3 is 2.15 bits per heavy atom. The Bertz CT molecular complexity index is 311. The minimum absolute atomic E-state index is 0.0622. The fraction of sp³-hybridized carbons (Fsp3) is 0.875. The third-order valence-electron chi connectivity index (χ3n) is 2.78. The fourth-order valence-corrected chi connectivity index (χ4v) is 4.19. The maximum atomic E-state index is 11.5. The van der Waals surface area contributed by atoms with E-state index in [4.69, 9.17) is 0 Å². The van der Waals surface area contributed by atoms with E-state index in [-0.39, 0.29) is 29.1 Å². The van der Waals surface area contributed by atoms with Crippen LogP contribution in [0.3, 0.4) is 0 Å². The van der Waals surface area contributed by atoms with Crippen LogP contribution < -0.4 is 0 Å². The molecule has 4 nitrogen and oxygen atoms in total. The Labute approximate surface area is 77.8 Å². The molecule has 0 aromatic heterocycles. The highest BCUT2D eigenvalue weighted by Gasteiger charge is 2.43.